The summed E-state index contributed by atoms with van der Waals surface area (Å²) < 4.78 is 1.88. The smallest absolute Gasteiger partial charge is 0.262 e. The molecule has 0 radical (unpaired) electrons. The molecule has 2 heterocycles. The molecule has 1 saturated carbocycles. The van der Waals surface area contributed by atoms with Gasteiger partial charge >= 0.3 is 0 Å². The number of pyridine rings is 1. The molecule has 26 heavy (non-hydrogen) atoms. The first-order valence-corrected chi connectivity index (χ1v) is 9.77. The molecule has 0 amide bonds. The highest BCUT2D eigenvalue weighted by Crippen LogP contribution is 2.37. The van der Waals surface area contributed by atoms with Crippen molar-refractivity contribution < 1.29 is 0 Å². The molecule has 4 aromatic rings. The Labute approximate surface area is 154 Å². The minimum Gasteiger partial charge on any atom is -0.284 e. The van der Waals surface area contributed by atoms with E-state index >= 15 is 0 Å². The van der Waals surface area contributed by atoms with Crippen LogP contribution in [0.4, 0.5) is 0 Å². The van der Waals surface area contributed by atoms with E-state index in [0.29, 0.717) is 17.2 Å². The number of benzene rings is 2. The molecule has 2 aromatic heterocycles. The van der Waals surface area contributed by atoms with Crippen LogP contribution in [0.1, 0.15) is 24.6 Å². The van der Waals surface area contributed by atoms with Crippen molar-refractivity contribution in [3.05, 3.63) is 76.7 Å². The summed E-state index contributed by atoms with van der Waals surface area (Å²) >= 11 is 1.60. The molecule has 0 spiro atoms. The van der Waals surface area contributed by atoms with Gasteiger partial charge in [0.05, 0.1) is 22.1 Å². The van der Waals surface area contributed by atoms with Crippen molar-refractivity contribution in [3.8, 4) is 0 Å². The van der Waals surface area contributed by atoms with Crippen molar-refractivity contribution in [1.29, 1.82) is 0 Å². The molecule has 0 N–H and O–H groups in total. The largest absolute Gasteiger partial charge is 0.284 e. The fourth-order valence-corrected chi connectivity index (χ4v) is 4.18. The molecule has 0 atom stereocenters. The predicted molar refractivity (Wildman–Crippen MR) is 106 cm³/mol. The molecule has 0 aliphatic heterocycles. The summed E-state index contributed by atoms with van der Waals surface area (Å²) in [5, 5.41) is 2.64. The van der Waals surface area contributed by atoms with Crippen LogP contribution < -0.4 is 5.56 Å². The number of hydrogen-bond acceptors (Lipinski definition) is 4. The van der Waals surface area contributed by atoms with Crippen LogP contribution in [0, 0.1) is 0 Å². The lowest BCUT2D eigenvalue weighted by Gasteiger charge is -2.12. The van der Waals surface area contributed by atoms with Gasteiger partial charge in [0, 0.05) is 17.2 Å². The van der Waals surface area contributed by atoms with E-state index in [1.54, 1.807) is 11.8 Å². The van der Waals surface area contributed by atoms with E-state index in [0.717, 1.165) is 40.1 Å². The standard InChI is InChI=1S/C21H17N3OS/c25-20-17-6-2-4-8-19(17)23-21(24(20)16-11-12-16)26-13-15-10-9-14-5-1-3-7-18(14)22-15/h1-10,16H,11-13H2. The molecule has 5 heteroatoms. The summed E-state index contributed by atoms with van der Waals surface area (Å²) in [5.41, 5.74) is 2.84. The normalized spacial score (nSPS) is 14.2. The van der Waals surface area contributed by atoms with Crippen molar-refractivity contribution in [2.24, 2.45) is 0 Å². The number of thioether (sulfide) groups is 1. The van der Waals surface area contributed by atoms with E-state index < -0.39 is 0 Å². The second-order valence-electron chi connectivity index (χ2n) is 6.60. The van der Waals surface area contributed by atoms with Crippen molar-refractivity contribution in [2.45, 2.75) is 29.8 Å². The van der Waals surface area contributed by atoms with E-state index in [9.17, 15) is 4.79 Å². The number of nitrogens with zero attached hydrogens (tertiary/aromatic N) is 3. The van der Waals surface area contributed by atoms with Crippen LogP contribution in [0.3, 0.4) is 0 Å². The first-order chi connectivity index (χ1) is 12.8. The Morgan fingerprint density at radius 1 is 0.923 bits per heavy atom. The van der Waals surface area contributed by atoms with Crippen LogP contribution in [0.15, 0.2) is 70.6 Å². The number of aromatic nitrogens is 3. The van der Waals surface area contributed by atoms with Gasteiger partial charge in [-0.3, -0.25) is 14.3 Å². The monoisotopic (exact) mass is 359 g/mol. The summed E-state index contributed by atoms with van der Waals surface area (Å²) in [6, 6.07) is 20.2. The second kappa shape index (κ2) is 6.25. The van der Waals surface area contributed by atoms with Crippen molar-refractivity contribution >= 4 is 33.6 Å². The molecule has 1 fully saturated rings. The van der Waals surface area contributed by atoms with Crippen LogP contribution in [0.25, 0.3) is 21.8 Å². The van der Waals surface area contributed by atoms with E-state index in [4.69, 9.17) is 9.97 Å². The SMILES string of the molecule is O=c1c2ccccc2nc(SCc2ccc3ccccc3n2)n1C1CC1. The number of para-hydroxylation sites is 2. The van der Waals surface area contributed by atoms with Crippen molar-refractivity contribution in [1.82, 2.24) is 14.5 Å². The quantitative estimate of drug-likeness (QED) is 0.395. The molecule has 4 nitrogen and oxygen atoms in total. The van der Waals surface area contributed by atoms with Gasteiger partial charge in [-0.25, -0.2) is 4.98 Å². The maximum absolute atomic E-state index is 12.9. The molecular weight excluding hydrogens is 342 g/mol. The third-order valence-corrected chi connectivity index (χ3v) is 5.68. The molecule has 5 rings (SSSR count). The second-order valence-corrected chi connectivity index (χ2v) is 7.54. The zero-order chi connectivity index (χ0) is 17.5. The Hall–Kier alpha value is -2.66. The van der Waals surface area contributed by atoms with Crippen molar-refractivity contribution in [2.75, 3.05) is 0 Å². The van der Waals surface area contributed by atoms with Gasteiger partial charge in [-0.05, 0) is 37.1 Å². The maximum atomic E-state index is 12.9. The third-order valence-electron chi connectivity index (χ3n) is 4.69. The zero-order valence-corrected chi connectivity index (χ0v) is 14.9. The molecule has 1 aliphatic carbocycles. The molecule has 0 bridgehead atoms. The van der Waals surface area contributed by atoms with Gasteiger partial charge in [0.25, 0.3) is 5.56 Å². The first-order valence-electron chi connectivity index (χ1n) is 8.78. The lowest BCUT2D eigenvalue weighted by atomic mass is 10.2. The maximum Gasteiger partial charge on any atom is 0.262 e. The van der Waals surface area contributed by atoms with E-state index in [-0.39, 0.29) is 5.56 Å². The first kappa shape index (κ1) is 15.6. The highest BCUT2D eigenvalue weighted by molar-refractivity contribution is 7.98. The third kappa shape index (κ3) is 2.78. The molecular formula is C21H17N3OS. The number of rotatable bonds is 4. The Balaban J connectivity index is 1.52. The fraction of sp³-hybridized carbons (Fsp3) is 0.190. The topological polar surface area (TPSA) is 47.8 Å². The zero-order valence-electron chi connectivity index (χ0n) is 14.1. The van der Waals surface area contributed by atoms with E-state index in [1.807, 2.05) is 47.0 Å². The van der Waals surface area contributed by atoms with Gasteiger partial charge < -0.3 is 0 Å². The summed E-state index contributed by atoms with van der Waals surface area (Å²) in [5.74, 6) is 0.697. The highest BCUT2D eigenvalue weighted by atomic mass is 32.2. The summed E-state index contributed by atoms with van der Waals surface area (Å²) in [6.07, 6.45) is 2.11. The van der Waals surface area contributed by atoms with Crippen LogP contribution in [0.5, 0.6) is 0 Å². The fourth-order valence-electron chi connectivity index (χ4n) is 3.21. The van der Waals surface area contributed by atoms with Crippen LogP contribution >= 0.6 is 11.8 Å². The Morgan fingerprint density at radius 3 is 2.54 bits per heavy atom. The Bertz CT molecular complexity index is 1180. The number of hydrogen-bond donors (Lipinski definition) is 0. The summed E-state index contributed by atoms with van der Waals surface area (Å²) in [6.45, 7) is 0. The van der Waals surface area contributed by atoms with Crippen LogP contribution in [0.2, 0.25) is 0 Å². The average Bonchev–Trinajstić information content (AvgIpc) is 3.51. The van der Waals surface area contributed by atoms with Gasteiger partial charge in [0.2, 0.25) is 0 Å². The van der Waals surface area contributed by atoms with E-state index in [2.05, 4.69) is 18.2 Å². The van der Waals surface area contributed by atoms with Crippen molar-refractivity contribution in [3.63, 3.8) is 0 Å². The minimum atomic E-state index is 0.0760. The Morgan fingerprint density at radius 2 is 1.69 bits per heavy atom. The lowest BCUT2D eigenvalue weighted by Crippen LogP contribution is -2.22. The lowest BCUT2D eigenvalue weighted by molar-refractivity contribution is 0.618. The molecule has 128 valence electrons. The molecule has 0 unspecified atom stereocenters. The summed E-state index contributed by atoms with van der Waals surface area (Å²) in [7, 11) is 0. The molecule has 0 saturated heterocycles. The number of fused-ring (bicyclic) bond motifs is 2. The molecule has 2 aromatic carbocycles. The molecule has 1 aliphatic rings. The average molecular weight is 359 g/mol. The van der Waals surface area contributed by atoms with Crippen LogP contribution in [-0.2, 0) is 5.75 Å². The van der Waals surface area contributed by atoms with Gasteiger partial charge in [-0.2, -0.15) is 0 Å². The van der Waals surface area contributed by atoms with Gasteiger partial charge in [0.1, 0.15) is 0 Å². The van der Waals surface area contributed by atoms with E-state index in [1.165, 1.54) is 0 Å². The van der Waals surface area contributed by atoms with Gasteiger partial charge in [0.15, 0.2) is 5.16 Å². The van der Waals surface area contributed by atoms with Crippen LogP contribution in [-0.4, -0.2) is 14.5 Å². The summed E-state index contributed by atoms with van der Waals surface area (Å²) in [4.78, 5) is 22.4. The Kier molecular flexibility index (Phi) is 3.75. The predicted octanol–water partition coefficient (Wildman–Crippen LogP) is 4.57. The van der Waals surface area contributed by atoms with Gasteiger partial charge in [-0.1, -0.05) is 48.2 Å². The highest BCUT2D eigenvalue weighted by Gasteiger charge is 2.28. The minimum absolute atomic E-state index is 0.0760. The van der Waals surface area contributed by atoms with Gasteiger partial charge in [-0.15, -0.1) is 0 Å².